The molecule has 1 saturated heterocycles. The third-order valence-electron chi connectivity index (χ3n) is 4.57. The Bertz CT molecular complexity index is 789. The zero-order chi connectivity index (χ0) is 18.4. The lowest BCUT2D eigenvalue weighted by atomic mass is 10.2. The molecule has 2 aromatic rings. The van der Waals surface area contributed by atoms with Crippen LogP contribution in [0, 0.1) is 0 Å². The topological polar surface area (TPSA) is 64.0 Å². The Morgan fingerprint density at radius 3 is 2.46 bits per heavy atom. The highest BCUT2D eigenvalue weighted by Crippen LogP contribution is 2.20. The van der Waals surface area contributed by atoms with E-state index in [0.717, 1.165) is 30.8 Å². The number of benzene rings is 1. The summed E-state index contributed by atoms with van der Waals surface area (Å²) in [5.41, 5.74) is 0. The van der Waals surface area contributed by atoms with Gasteiger partial charge in [-0.25, -0.2) is 13.4 Å². The number of piperidine rings is 1. The number of H-pyrrole nitrogens is 1. The van der Waals surface area contributed by atoms with Gasteiger partial charge in [0.15, 0.2) is 0 Å². The van der Waals surface area contributed by atoms with Gasteiger partial charge in [-0.3, -0.25) is 4.90 Å². The maximum atomic E-state index is 12.7. The van der Waals surface area contributed by atoms with Crippen LogP contribution < -0.4 is 14.6 Å². The molecule has 3 rings (SSSR count). The van der Waals surface area contributed by atoms with Gasteiger partial charge in [-0.2, -0.15) is 4.31 Å². The lowest BCUT2D eigenvalue weighted by molar-refractivity contribution is -0.367. The summed E-state index contributed by atoms with van der Waals surface area (Å²) in [6.07, 6.45) is 4.55. The quantitative estimate of drug-likeness (QED) is 0.743. The smallest absolute Gasteiger partial charge is 0.274 e. The van der Waals surface area contributed by atoms with Gasteiger partial charge in [0.2, 0.25) is 10.0 Å². The van der Waals surface area contributed by atoms with Crippen molar-refractivity contribution >= 4 is 15.8 Å². The highest BCUT2D eigenvalue weighted by Gasteiger charge is 2.27. The fourth-order valence-electron chi connectivity index (χ4n) is 2.99. The van der Waals surface area contributed by atoms with Gasteiger partial charge >= 0.3 is 0 Å². The number of rotatable bonds is 7. The summed E-state index contributed by atoms with van der Waals surface area (Å²) in [6, 6.07) is 13.2. The van der Waals surface area contributed by atoms with Crippen LogP contribution in [0.1, 0.15) is 19.3 Å². The van der Waals surface area contributed by atoms with Gasteiger partial charge in [0.25, 0.3) is 5.82 Å². The van der Waals surface area contributed by atoms with Crippen molar-refractivity contribution in [3.05, 3.63) is 48.7 Å². The lowest BCUT2D eigenvalue weighted by Crippen LogP contribution is -2.36. The van der Waals surface area contributed by atoms with Gasteiger partial charge in [0.05, 0.1) is 7.05 Å². The Morgan fingerprint density at radius 1 is 1.08 bits per heavy atom. The van der Waals surface area contributed by atoms with Crippen molar-refractivity contribution in [3.63, 3.8) is 0 Å². The Balaban J connectivity index is 1.58. The minimum atomic E-state index is -3.40. The van der Waals surface area contributed by atoms with E-state index >= 15 is 0 Å². The fraction of sp³-hybridized carbons (Fsp3) is 0.421. The van der Waals surface area contributed by atoms with Gasteiger partial charge in [-0.05, 0) is 31.0 Å². The maximum Gasteiger partial charge on any atom is 0.274 e. The Kier molecular flexibility index (Phi) is 6.11. The number of aromatic nitrogens is 1. The number of nitrogens with one attached hydrogen (secondary N) is 1. The second-order valence-electron chi connectivity index (χ2n) is 6.46. The molecule has 140 valence electrons. The first kappa shape index (κ1) is 18.7. The number of sulfonamides is 1. The minimum absolute atomic E-state index is 0.317. The molecule has 1 aliphatic heterocycles. The first-order valence-electron chi connectivity index (χ1n) is 8.98. The molecular formula is C19H26N3O3S+. The summed E-state index contributed by atoms with van der Waals surface area (Å²) >= 11 is 0. The Labute approximate surface area is 155 Å². The summed E-state index contributed by atoms with van der Waals surface area (Å²) < 4.78 is 32.6. The maximum absolute atomic E-state index is 12.7. The third-order valence-corrected chi connectivity index (χ3v) is 6.47. The number of hydrogen-bond acceptors (Lipinski definition) is 4. The van der Waals surface area contributed by atoms with Crippen LogP contribution in [0.25, 0.3) is 0 Å². The van der Waals surface area contributed by atoms with Gasteiger partial charge in [0, 0.05) is 19.2 Å². The standard InChI is InChI=1S/C19H25N3O3S/c1-21(14-15-25-17-8-4-2-5-9-17)19-11-10-18(16-20-19)26(23,24)22-12-6-3-7-13-22/h2,4-5,8-11,16H,3,6-7,12-15H2,1H3/p+1. The number of likely N-dealkylation sites (N-methyl/N-ethyl adjacent to an activating group) is 1. The normalized spacial score (nSPS) is 15.6. The van der Waals surface area contributed by atoms with Crippen molar-refractivity contribution in [1.82, 2.24) is 4.31 Å². The molecule has 1 N–H and O–H groups in total. The zero-order valence-electron chi connectivity index (χ0n) is 15.1. The monoisotopic (exact) mass is 376 g/mol. The molecule has 1 aromatic carbocycles. The van der Waals surface area contributed by atoms with Crippen LogP contribution in [-0.4, -0.2) is 46.0 Å². The number of nitrogens with zero attached hydrogens (tertiary/aromatic N) is 2. The van der Waals surface area contributed by atoms with E-state index in [1.807, 2.05) is 42.3 Å². The molecule has 0 bridgehead atoms. The Hall–Kier alpha value is -2.12. The molecule has 0 spiro atoms. The SMILES string of the molecule is CN(CCOc1ccccc1)c1ccc(S(=O)(=O)N2CCCCC2)c[nH+]1. The molecule has 0 radical (unpaired) electrons. The summed E-state index contributed by atoms with van der Waals surface area (Å²) in [4.78, 5) is 5.41. The number of anilines is 1. The van der Waals surface area contributed by atoms with Crippen LogP contribution in [0.3, 0.4) is 0 Å². The lowest BCUT2D eigenvalue weighted by Gasteiger charge is -2.25. The van der Waals surface area contributed by atoms with E-state index in [4.69, 9.17) is 4.74 Å². The van der Waals surface area contributed by atoms with Crippen LogP contribution in [0.5, 0.6) is 5.75 Å². The van der Waals surface area contributed by atoms with Crippen molar-refractivity contribution < 1.29 is 18.1 Å². The highest BCUT2D eigenvalue weighted by molar-refractivity contribution is 7.89. The van der Waals surface area contributed by atoms with Crippen molar-refractivity contribution in [2.75, 3.05) is 38.2 Å². The fourth-order valence-corrected chi connectivity index (χ4v) is 4.48. The number of aromatic amines is 1. The summed E-state index contributed by atoms with van der Waals surface area (Å²) in [6.45, 7) is 2.45. The van der Waals surface area contributed by atoms with E-state index in [1.165, 1.54) is 0 Å². The van der Waals surface area contributed by atoms with Gasteiger partial charge in [-0.1, -0.05) is 24.6 Å². The van der Waals surface area contributed by atoms with Gasteiger partial charge < -0.3 is 4.74 Å². The van der Waals surface area contributed by atoms with Crippen molar-refractivity contribution in [2.45, 2.75) is 24.2 Å². The van der Waals surface area contributed by atoms with Crippen LogP contribution >= 0.6 is 0 Å². The molecule has 0 unspecified atom stereocenters. The highest BCUT2D eigenvalue weighted by atomic mass is 32.2. The van der Waals surface area contributed by atoms with Crippen molar-refractivity contribution in [3.8, 4) is 5.75 Å². The largest absolute Gasteiger partial charge is 0.490 e. The molecule has 2 heterocycles. The average molecular weight is 377 g/mol. The van der Waals surface area contributed by atoms with Crippen LogP contribution in [-0.2, 0) is 10.0 Å². The number of ether oxygens (including phenoxy) is 1. The van der Waals surface area contributed by atoms with E-state index in [2.05, 4.69) is 4.98 Å². The summed E-state index contributed by atoms with van der Waals surface area (Å²) in [7, 11) is -1.46. The molecular weight excluding hydrogens is 350 g/mol. The average Bonchev–Trinajstić information content (AvgIpc) is 2.69. The number of hydrogen-bond donors (Lipinski definition) is 0. The van der Waals surface area contributed by atoms with Crippen molar-refractivity contribution in [1.29, 1.82) is 0 Å². The second kappa shape index (κ2) is 8.51. The molecule has 0 amide bonds. The zero-order valence-corrected chi connectivity index (χ0v) is 15.9. The van der Waals surface area contributed by atoms with E-state index in [0.29, 0.717) is 31.1 Å². The molecule has 1 aliphatic rings. The molecule has 1 aromatic heterocycles. The number of pyridine rings is 1. The third kappa shape index (κ3) is 4.53. The Morgan fingerprint density at radius 2 is 1.81 bits per heavy atom. The van der Waals surface area contributed by atoms with Crippen LogP contribution in [0.4, 0.5) is 5.82 Å². The summed E-state index contributed by atoms with van der Waals surface area (Å²) in [5, 5.41) is 0. The molecule has 0 atom stereocenters. The number of para-hydroxylation sites is 1. The van der Waals surface area contributed by atoms with Crippen LogP contribution in [0.2, 0.25) is 0 Å². The predicted octanol–water partition coefficient (Wildman–Crippen LogP) is 2.19. The molecule has 6 nitrogen and oxygen atoms in total. The van der Waals surface area contributed by atoms with Gasteiger partial charge in [-0.15, -0.1) is 0 Å². The predicted molar refractivity (Wildman–Crippen MR) is 101 cm³/mol. The second-order valence-corrected chi connectivity index (χ2v) is 8.40. The first-order valence-corrected chi connectivity index (χ1v) is 10.4. The van der Waals surface area contributed by atoms with Gasteiger partial charge in [0.1, 0.15) is 30.0 Å². The van der Waals surface area contributed by atoms with E-state index < -0.39 is 10.0 Å². The summed E-state index contributed by atoms with van der Waals surface area (Å²) in [5.74, 6) is 1.69. The minimum Gasteiger partial charge on any atom is -0.490 e. The van der Waals surface area contributed by atoms with Crippen molar-refractivity contribution in [2.24, 2.45) is 0 Å². The molecule has 1 fully saturated rings. The van der Waals surface area contributed by atoms with E-state index in [-0.39, 0.29) is 0 Å². The molecule has 0 aliphatic carbocycles. The van der Waals surface area contributed by atoms with E-state index in [9.17, 15) is 8.42 Å². The molecule has 7 heteroatoms. The molecule has 0 saturated carbocycles. The first-order chi connectivity index (χ1) is 12.6. The van der Waals surface area contributed by atoms with Crippen LogP contribution in [0.15, 0.2) is 53.6 Å². The molecule has 26 heavy (non-hydrogen) atoms. The van der Waals surface area contributed by atoms with E-state index in [1.54, 1.807) is 22.6 Å².